The van der Waals surface area contributed by atoms with Gasteiger partial charge in [-0.25, -0.2) is 0 Å². The number of carbonyl (C=O) groups is 2. The Balaban J connectivity index is 2.33. The lowest BCUT2D eigenvalue weighted by Gasteiger charge is -2.22. The van der Waals surface area contributed by atoms with Crippen molar-refractivity contribution < 1.29 is 14.3 Å². The number of ether oxygens (including phenoxy) is 1. The standard InChI is InChI=1S/C12H22N2O3/c1-12(2,11(16)14-9-5-6-9)10(15)13-7-4-8-17-3/h9H,4-8H2,1-3H3,(H,13,15)(H,14,16). The first-order valence-corrected chi connectivity index (χ1v) is 6.06. The molecule has 1 aliphatic carbocycles. The first-order valence-electron chi connectivity index (χ1n) is 6.06. The van der Waals surface area contributed by atoms with Crippen LogP contribution in [0.4, 0.5) is 0 Å². The maximum absolute atomic E-state index is 11.9. The number of carbonyl (C=O) groups excluding carboxylic acids is 2. The van der Waals surface area contributed by atoms with Crippen molar-refractivity contribution >= 4 is 11.8 Å². The third-order valence-electron chi connectivity index (χ3n) is 2.86. The van der Waals surface area contributed by atoms with Gasteiger partial charge in [-0.1, -0.05) is 0 Å². The van der Waals surface area contributed by atoms with Crippen LogP contribution >= 0.6 is 0 Å². The molecule has 2 amide bonds. The van der Waals surface area contributed by atoms with Gasteiger partial charge >= 0.3 is 0 Å². The average molecular weight is 242 g/mol. The summed E-state index contributed by atoms with van der Waals surface area (Å²) in [5, 5.41) is 5.60. The maximum Gasteiger partial charge on any atom is 0.235 e. The first-order chi connectivity index (χ1) is 7.98. The van der Waals surface area contributed by atoms with E-state index in [1.807, 2.05) is 0 Å². The Morgan fingerprint density at radius 2 is 1.94 bits per heavy atom. The van der Waals surface area contributed by atoms with Crippen LogP contribution in [0.1, 0.15) is 33.1 Å². The van der Waals surface area contributed by atoms with E-state index in [1.165, 1.54) is 0 Å². The second-order valence-corrected chi connectivity index (χ2v) is 4.97. The fourth-order valence-electron chi connectivity index (χ4n) is 1.34. The Kier molecular flexibility index (Phi) is 4.93. The average Bonchev–Trinajstić information content (AvgIpc) is 3.07. The van der Waals surface area contributed by atoms with Gasteiger partial charge in [0.15, 0.2) is 0 Å². The van der Waals surface area contributed by atoms with Crippen LogP contribution in [0.15, 0.2) is 0 Å². The molecule has 0 bridgehead atoms. The molecule has 1 aliphatic rings. The Labute approximate surface area is 102 Å². The highest BCUT2D eigenvalue weighted by molar-refractivity contribution is 6.04. The normalized spacial score (nSPS) is 15.5. The number of amides is 2. The molecule has 0 aliphatic heterocycles. The third-order valence-corrected chi connectivity index (χ3v) is 2.86. The molecule has 0 heterocycles. The van der Waals surface area contributed by atoms with Crippen molar-refractivity contribution in [2.45, 2.75) is 39.2 Å². The minimum absolute atomic E-state index is 0.191. The molecular weight excluding hydrogens is 220 g/mol. The fraction of sp³-hybridized carbons (Fsp3) is 0.833. The van der Waals surface area contributed by atoms with Crippen molar-refractivity contribution in [3.8, 4) is 0 Å². The van der Waals surface area contributed by atoms with Gasteiger partial charge in [-0.3, -0.25) is 9.59 Å². The summed E-state index contributed by atoms with van der Waals surface area (Å²) >= 11 is 0. The van der Waals surface area contributed by atoms with Crippen molar-refractivity contribution in [3.63, 3.8) is 0 Å². The summed E-state index contributed by atoms with van der Waals surface area (Å²) in [6.07, 6.45) is 2.80. The van der Waals surface area contributed by atoms with E-state index in [1.54, 1.807) is 21.0 Å². The molecule has 0 radical (unpaired) electrons. The molecule has 0 atom stereocenters. The quantitative estimate of drug-likeness (QED) is 0.503. The van der Waals surface area contributed by atoms with Crippen LogP contribution in [0, 0.1) is 5.41 Å². The molecule has 0 unspecified atom stereocenters. The zero-order valence-electron chi connectivity index (χ0n) is 10.8. The highest BCUT2D eigenvalue weighted by Gasteiger charge is 2.38. The molecule has 98 valence electrons. The smallest absolute Gasteiger partial charge is 0.235 e. The molecule has 17 heavy (non-hydrogen) atoms. The van der Waals surface area contributed by atoms with E-state index in [4.69, 9.17) is 4.74 Å². The number of nitrogens with one attached hydrogen (secondary N) is 2. The van der Waals surface area contributed by atoms with Gasteiger partial charge in [-0.15, -0.1) is 0 Å². The molecule has 0 saturated heterocycles. The molecule has 0 spiro atoms. The summed E-state index contributed by atoms with van der Waals surface area (Å²) in [5.41, 5.74) is -1.00. The molecule has 1 rings (SSSR count). The zero-order valence-corrected chi connectivity index (χ0v) is 10.8. The van der Waals surface area contributed by atoms with Gasteiger partial charge in [0.1, 0.15) is 5.41 Å². The molecule has 5 nitrogen and oxygen atoms in total. The predicted octanol–water partition coefficient (Wildman–Crippen LogP) is 0.444. The Morgan fingerprint density at radius 1 is 1.29 bits per heavy atom. The molecule has 0 aromatic carbocycles. The molecule has 0 aromatic heterocycles. The van der Waals surface area contributed by atoms with Gasteiger partial charge in [0.05, 0.1) is 0 Å². The van der Waals surface area contributed by atoms with E-state index in [-0.39, 0.29) is 17.9 Å². The van der Waals surface area contributed by atoms with Crippen LogP contribution in [0.5, 0.6) is 0 Å². The van der Waals surface area contributed by atoms with Crippen molar-refractivity contribution in [3.05, 3.63) is 0 Å². The molecule has 2 N–H and O–H groups in total. The maximum atomic E-state index is 11.9. The summed E-state index contributed by atoms with van der Waals surface area (Å²) in [6.45, 7) is 4.44. The third kappa shape index (κ3) is 4.34. The lowest BCUT2D eigenvalue weighted by atomic mass is 9.91. The van der Waals surface area contributed by atoms with Crippen LogP contribution in [-0.4, -0.2) is 38.1 Å². The summed E-state index contributed by atoms with van der Waals surface area (Å²) in [6, 6.07) is 0.281. The van der Waals surface area contributed by atoms with Gasteiger partial charge in [-0.2, -0.15) is 0 Å². The minimum Gasteiger partial charge on any atom is -0.385 e. The summed E-state index contributed by atoms with van der Waals surface area (Å²) in [4.78, 5) is 23.7. The van der Waals surface area contributed by atoms with Crippen LogP contribution in [-0.2, 0) is 14.3 Å². The van der Waals surface area contributed by atoms with Gasteiger partial charge < -0.3 is 15.4 Å². The van der Waals surface area contributed by atoms with E-state index in [0.29, 0.717) is 13.2 Å². The van der Waals surface area contributed by atoms with Gasteiger partial charge in [0.2, 0.25) is 11.8 Å². The number of rotatable bonds is 7. The van der Waals surface area contributed by atoms with Crippen molar-refractivity contribution in [1.29, 1.82) is 0 Å². The van der Waals surface area contributed by atoms with Gasteiger partial charge in [0.25, 0.3) is 0 Å². The second kappa shape index (κ2) is 6.00. The van der Waals surface area contributed by atoms with Crippen LogP contribution in [0.2, 0.25) is 0 Å². The molecule has 1 fully saturated rings. The Hall–Kier alpha value is -1.10. The Morgan fingerprint density at radius 3 is 2.47 bits per heavy atom. The molecule has 0 aromatic rings. The lowest BCUT2D eigenvalue weighted by molar-refractivity contribution is -0.141. The number of hydrogen-bond donors (Lipinski definition) is 2. The van der Waals surface area contributed by atoms with Gasteiger partial charge in [0, 0.05) is 26.3 Å². The van der Waals surface area contributed by atoms with Gasteiger partial charge in [-0.05, 0) is 33.1 Å². The van der Waals surface area contributed by atoms with Crippen molar-refractivity contribution in [1.82, 2.24) is 10.6 Å². The molecule has 5 heteroatoms. The molecule has 1 saturated carbocycles. The fourth-order valence-corrected chi connectivity index (χ4v) is 1.34. The van der Waals surface area contributed by atoms with Crippen LogP contribution in [0.25, 0.3) is 0 Å². The highest BCUT2D eigenvalue weighted by Crippen LogP contribution is 2.22. The number of hydrogen-bond acceptors (Lipinski definition) is 3. The minimum atomic E-state index is -1.00. The van der Waals surface area contributed by atoms with Crippen LogP contribution in [0.3, 0.4) is 0 Å². The van der Waals surface area contributed by atoms with E-state index in [0.717, 1.165) is 19.3 Å². The number of methoxy groups -OCH3 is 1. The SMILES string of the molecule is COCCCNC(=O)C(C)(C)C(=O)NC1CC1. The van der Waals surface area contributed by atoms with E-state index in [2.05, 4.69) is 10.6 Å². The Bertz CT molecular complexity index is 285. The van der Waals surface area contributed by atoms with Crippen molar-refractivity contribution in [2.75, 3.05) is 20.3 Å². The summed E-state index contributed by atoms with van der Waals surface area (Å²) in [5.74, 6) is -0.420. The summed E-state index contributed by atoms with van der Waals surface area (Å²) in [7, 11) is 1.62. The predicted molar refractivity (Wildman–Crippen MR) is 64.4 cm³/mol. The van der Waals surface area contributed by atoms with Crippen LogP contribution < -0.4 is 10.6 Å². The van der Waals surface area contributed by atoms with E-state index < -0.39 is 5.41 Å². The topological polar surface area (TPSA) is 67.4 Å². The molecular formula is C12H22N2O3. The summed E-state index contributed by atoms with van der Waals surface area (Å²) < 4.78 is 4.89. The highest BCUT2D eigenvalue weighted by atomic mass is 16.5. The second-order valence-electron chi connectivity index (χ2n) is 4.97. The van der Waals surface area contributed by atoms with Crippen molar-refractivity contribution in [2.24, 2.45) is 5.41 Å². The largest absolute Gasteiger partial charge is 0.385 e. The monoisotopic (exact) mass is 242 g/mol. The van der Waals surface area contributed by atoms with E-state index >= 15 is 0 Å². The van der Waals surface area contributed by atoms with E-state index in [9.17, 15) is 9.59 Å². The first kappa shape index (κ1) is 14.0. The zero-order chi connectivity index (χ0) is 12.9. The lowest BCUT2D eigenvalue weighted by Crippen LogP contribution is -2.48.